The van der Waals surface area contributed by atoms with Crippen LogP contribution in [-0.4, -0.2) is 0 Å². The van der Waals surface area contributed by atoms with Crippen LogP contribution in [0.5, 0.6) is 0 Å². The Kier molecular flexibility index (Phi) is 4.83. The topological polar surface area (TPSA) is 26.0 Å². The van der Waals surface area contributed by atoms with Crippen LogP contribution in [0.3, 0.4) is 0 Å². The van der Waals surface area contributed by atoms with Crippen LogP contribution in [-0.2, 0) is 6.18 Å². The third-order valence-corrected chi connectivity index (χ3v) is 2.94. The lowest BCUT2D eigenvalue weighted by molar-refractivity contribution is -0.137. The first kappa shape index (κ1) is 14.3. The summed E-state index contributed by atoms with van der Waals surface area (Å²) in [4.78, 5) is 0. The quantitative estimate of drug-likeness (QED) is 0.849. The molecule has 2 N–H and O–H groups in total. The molecule has 0 bridgehead atoms. The van der Waals surface area contributed by atoms with E-state index in [1.165, 1.54) is 6.07 Å². The number of benzene rings is 1. The monoisotopic (exact) mass is 265 g/mol. The Bertz CT molecular complexity index is 377. The van der Waals surface area contributed by atoms with Crippen LogP contribution in [0.4, 0.5) is 13.2 Å². The Morgan fingerprint density at radius 2 is 2.00 bits per heavy atom. The normalized spacial score (nSPS) is 13.8. The van der Waals surface area contributed by atoms with Gasteiger partial charge in [-0.1, -0.05) is 31.4 Å². The van der Waals surface area contributed by atoms with Gasteiger partial charge >= 0.3 is 6.18 Å². The van der Waals surface area contributed by atoms with Crippen LogP contribution in [0.2, 0.25) is 5.02 Å². The lowest BCUT2D eigenvalue weighted by Gasteiger charge is -2.15. The van der Waals surface area contributed by atoms with Crippen molar-refractivity contribution < 1.29 is 13.2 Å². The Labute approximate surface area is 104 Å². The number of unbranched alkanes of at least 4 members (excludes halogenated alkanes) is 1. The van der Waals surface area contributed by atoms with Crippen molar-refractivity contribution in [1.82, 2.24) is 0 Å². The second kappa shape index (κ2) is 5.74. The van der Waals surface area contributed by atoms with E-state index in [9.17, 15) is 13.2 Å². The molecule has 0 spiro atoms. The van der Waals surface area contributed by atoms with Crippen LogP contribution in [0, 0.1) is 0 Å². The van der Waals surface area contributed by atoms with Crippen molar-refractivity contribution >= 4 is 11.6 Å². The van der Waals surface area contributed by atoms with Crippen LogP contribution in [0.1, 0.15) is 43.4 Å². The Morgan fingerprint density at radius 3 is 2.53 bits per heavy atom. The van der Waals surface area contributed by atoms with Crippen molar-refractivity contribution in [2.75, 3.05) is 0 Å². The number of alkyl halides is 3. The fraction of sp³-hybridized carbons (Fsp3) is 0.500. The first-order valence-electron chi connectivity index (χ1n) is 5.48. The fourth-order valence-electron chi connectivity index (χ4n) is 1.58. The third kappa shape index (κ3) is 3.89. The van der Waals surface area contributed by atoms with E-state index in [0.29, 0.717) is 17.0 Å². The van der Waals surface area contributed by atoms with Gasteiger partial charge in [0.1, 0.15) is 0 Å². The van der Waals surface area contributed by atoms with Gasteiger partial charge in [0.2, 0.25) is 0 Å². The second-order valence-electron chi connectivity index (χ2n) is 3.98. The molecular formula is C12H15ClF3N. The number of hydrogen-bond acceptors (Lipinski definition) is 1. The lowest BCUT2D eigenvalue weighted by atomic mass is 10.00. The summed E-state index contributed by atoms with van der Waals surface area (Å²) in [6.07, 6.45) is -1.90. The highest BCUT2D eigenvalue weighted by Crippen LogP contribution is 2.34. The zero-order valence-electron chi connectivity index (χ0n) is 9.52. The molecule has 0 aromatic heterocycles. The molecule has 0 heterocycles. The number of rotatable bonds is 4. The van der Waals surface area contributed by atoms with E-state index in [0.717, 1.165) is 25.0 Å². The average Bonchev–Trinajstić information content (AvgIpc) is 2.24. The molecule has 17 heavy (non-hydrogen) atoms. The molecule has 0 unspecified atom stereocenters. The third-order valence-electron chi connectivity index (χ3n) is 2.59. The summed E-state index contributed by atoms with van der Waals surface area (Å²) >= 11 is 5.87. The van der Waals surface area contributed by atoms with E-state index in [-0.39, 0.29) is 0 Å². The predicted molar refractivity (Wildman–Crippen MR) is 62.9 cm³/mol. The van der Waals surface area contributed by atoms with Gasteiger partial charge in [0.05, 0.1) is 5.56 Å². The minimum atomic E-state index is -4.36. The van der Waals surface area contributed by atoms with Gasteiger partial charge in [0.15, 0.2) is 0 Å². The highest BCUT2D eigenvalue weighted by Gasteiger charge is 2.31. The molecule has 1 rings (SSSR count). The van der Waals surface area contributed by atoms with Crippen molar-refractivity contribution in [3.63, 3.8) is 0 Å². The Balaban J connectivity index is 2.98. The molecular weight excluding hydrogens is 251 g/mol. The summed E-state index contributed by atoms with van der Waals surface area (Å²) < 4.78 is 37.6. The van der Waals surface area contributed by atoms with Gasteiger partial charge < -0.3 is 5.73 Å². The van der Waals surface area contributed by atoms with Crippen LogP contribution in [0.25, 0.3) is 0 Å². The summed E-state index contributed by atoms with van der Waals surface area (Å²) in [5.41, 5.74) is 5.51. The summed E-state index contributed by atoms with van der Waals surface area (Å²) in [5, 5.41) is 0.293. The molecule has 0 aliphatic carbocycles. The van der Waals surface area contributed by atoms with Gasteiger partial charge in [0.25, 0.3) is 0 Å². The number of nitrogens with two attached hydrogens (primary N) is 1. The van der Waals surface area contributed by atoms with Gasteiger partial charge in [-0.25, -0.2) is 0 Å². The van der Waals surface area contributed by atoms with E-state index < -0.39 is 17.8 Å². The molecule has 0 amide bonds. The standard InChI is InChI=1S/C12H15ClF3N/c1-2-3-4-11(17)9-7-8(12(14,15)16)5-6-10(9)13/h5-7,11H,2-4,17H2,1H3/t11-/m0/s1. The van der Waals surface area contributed by atoms with Gasteiger partial charge in [-0.2, -0.15) is 13.2 Å². The van der Waals surface area contributed by atoms with E-state index in [1.807, 2.05) is 6.92 Å². The Morgan fingerprint density at radius 1 is 1.35 bits per heavy atom. The zero-order valence-corrected chi connectivity index (χ0v) is 10.3. The van der Waals surface area contributed by atoms with Gasteiger partial charge in [0, 0.05) is 11.1 Å². The molecule has 1 aromatic carbocycles. The van der Waals surface area contributed by atoms with Crippen LogP contribution in [0.15, 0.2) is 18.2 Å². The minimum absolute atomic E-state index is 0.293. The second-order valence-corrected chi connectivity index (χ2v) is 4.39. The van der Waals surface area contributed by atoms with Crippen LogP contribution >= 0.6 is 11.6 Å². The van der Waals surface area contributed by atoms with Crippen molar-refractivity contribution in [3.05, 3.63) is 34.3 Å². The molecule has 1 atom stereocenters. The van der Waals surface area contributed by atoms with Gasteiger partial charge in [-0.3, -0.25) is 0 Å². The maximum Gasteiger partial charge on any atom is 0.416 e. The molecule has 0 saturated heterocycles. The summed E-state index contributed by atoms with van der Waals surface area (Å²) in [5.74, 6) is 0. The van der Waals surface area contributed by atoms with E-state index in [1.54, 1.807) is 0 Å². The van der Waals surface area contributed by atoms with Crippen molar-refractivity contribution in [2.45, 2.75) is 38.4 Å². The molecule has 5 heteroatoms. The highest BCUT2D eigenvalue weighted by atomic mass is 35.5. The maximum atomic E-state index is 12.5. The molecule has 96 valence electrons. The highest BCUT2D eigenvalue weighted by molar-refractivity contribution is 6.31. The van der Waals surface area contributed by atoms with Gasteiger partial charge in [-0.15, -0.1) is 0 Å². The largest absolute Gasteiger partial charge is 0.416 e. The average molecular weight is 266 g/mol. The van der Waals surface area contributed by atoms with E-state index in [4.69, 9.17) is 17.3 Å². The summed E-state index contributed by atoms with van der Waals surface area (Å²) in [6.45, 7) is 2.00. The smallest absolute Gasteiger partial charge is 0.324 e. The summed E-state index contributed by atoms with van der Waals surface area (Å²) in [7, 11) is 0. The molecule has 1 aromatic rings. The van der Waals surface area contributed by atoms with Crippen molar-refractivity contribution in [2.24, 2.45) is 5.73 Å². The molecule has 0 saturated carbocycles. The number of halogens is 4. The minimum Gasteiger partial charge on any atom is -0.324 e. The van der Waals surface area contributed by atoms with Gasteiger partial charge in [-0.05, 0) is 30.2 Å². The van der Waals surface area contributed by atoms with E-state index >= 15 is 0 Å². The molecule has 0 radical (unpaired) electrons. The van der Waals surface area contributed by atoms with Crippen molar-refractivity contribution in [3.8, 4) is 0 Å². The predicted octanol–water partition coefficient (Wildman–Crippen LogP) is 4.55. The molecule has 0 aliphatic heterocycles. The number of hydrogen-bond donors (Lipinski definition) is 1. The van der Waals surface area contributed by atoms with E-state index in [2.05, 4.69) is 0 Å². The molecule has 1 nitrogen and oxygen atoms in total. The molecule has 0 fully saturated rings. The summed E-state index contributed by atoms with van der Waals surface area (Å²) in [6, 6.07) is 2.83. The van der Waals surface area contributed by atoms with Crippen LogP contribution < -0.4 is 5.73 Å². The first-order valence-corrected chi connectivity index (χ1v) is 5.86. The molecule has 0 aliphatic rings. The van der Waals surface area contributed by atoms with Crippen molar-refractivity contribution in [1.29, 1.82) is 0 Å². The fourth-order valence-corrected chi connectivity index (χ4v) is 1.84. The zero-order chi connectivity index (χ0) is 13.1. The lowest BCUT2D eigenvalue weighted by Crippen LogP contribution is -2.13. The first-order chi connectivity index (χ1) is 7.86. The Hall–Kier alpha value is -0.740. The maximum absolute atomic E-state index is 12.5. The SMILES string of the molecule is CCCC[C@H](N)c1cc(C(F)(F)F)ccc1Cl.